The Bertz CT molecular complexity index is 391. The fraction of sp³-hybridized carbons (Fsp3) is 0.600. The van der Waals surface area contributed by atoms with Crippen molar-refractivity contribution in [3.63, 3.8) is 0 Å². The Kier molecular flexibility index (Phi) is 5.73. The van der Waals surface area contributed by atoms with Gasteiger partial charge in [-0.2, -0.15) is 8.78 Å². The highest BCUT2D eigenvalue weighted by molar-refractivity contribution is 5.27. The third-order valence-electron chi connectivity index (χ3n) is 3.77. The Morgan fingerprint density at radius 1 is 1.20 bits per heavy atom. The van der Waals surface area contributed by atoms with E-state index in [0.717, 1.165) is 44.6 Å². The summed E-state index contributed by atoms with van der Waals surface area (Å²) in [6.45, 7) is 3.81. The second-order valence-corrected chi connectivity index (χ2v) is 5.20. The zero-order valence-electron chi connectivity index (χ0n) is 11.8. The summed E-state index contributed by atoms with van der Waals surface area (Å²) < 4.78 is 28.4. The van der Waals surface area contributed by atoms with Gasteiger partial charge in [0, 0.05) is 32.2 Å². The van der Waals surface area contributed by atoms with Crippen LogP contribution < -0.4 is 10.1 Å². The largest absolute Gasteiger partial charge is 0.435 e. The Morgan fingerprint density at radius 3 is 2.45 bits per heavy atom. The summed E-state index contributed by atoms with van der Waals surface area (Å²) in [5, 5.41) is 3.35. The predicted octanol–water partition coefficient (Wildman–Crippen LogP) is 2.51. The number of rotatable bonds is 6. The predicted molar refractivity (Wildman–Crippen MR) is 75.3 cm³/mol. The Hall–Kier alpha value is -1.20. The summed E-state index contributed by atoms with van der Waals surface area (Å²) in [5.41, 5.74) is 1.16. The molecule has 0 amide bonds. The summed E-state index contributed by atoms with van der Waals surface area (Å²) in [5.74, 6) is 0.221. The summed E-state index contributed by atoms with van der Waals surface area (Å²) in [6.07, 6.45) is 2.04. The van der Waals surface area contributed by atoms with Crippen LogP contribution in [0.2, 0.25) is 0 Å². The van der Waals surface area contributed by atoms with Gasteiger partial charge >= 0.3 is 6.61 Å². The van der Waals surface area contributed by atoms with Crippen LogP contribution in [0.4, 0.5) is 8.78 Å². The smallest absolute Gasteiger partial charge is 0.387 e. The van der Waals surface area contributed by atoms with Gasteiger partial charge in [-0.3, -0.25) is 4.90 Å². The molecule has 20 heavy (non-hydrogen) atoms. The van der Waals surface area contributed by atoms with Gasteiger partial charge in [0.05, 0.1) is 0 Å². The van der Waals surface area contributed by atoms with E-state index in [1.165, 1.54) is 0 Å². The number of aryl methyl sites for hydroxylation is 1. The second kappa shape index (κ2) is 7.55. The van der Waals surface area contributed by atoms with Crippen LogP contribution in [0.5, 0.6) is 5.75 Å². The van der Waals surface area contributed by atoms with Crippen molar-refractivity contribution in [3.05, 3.63) is 29.8 Å². The van der Waals surface area contributed by atoms with Gasteiger partial charge in [-0.05, 0) is 37.5 Å². The molecule has 0 aromatic heterocycles. The first-order valence-corrected chi connectivity index (χ1v) is 7.13. The molecule has 1 atom stereocenters. The minimum atomic E-state index is -2.76. The van der Waals surface area contributed by atoms with E-state index in [-0.39, 0.29) is 5.75 Å². The topological polar surface area (TPSA) is 24.5 Å². The van der Waals surface area contributed by atoms with Gasteiger partial charge < -0.3 is 10.1 Å². The quantitative estimate of drug-likeness (QED) is 0.868. The van der Waals surface area contributed by atoms with Gasteiger partial charge in [-0.15, -0.1) is 0 Å². The van der Waals surface area contributed by atoms with Crippen LogP contribution in [0.1, 0.15) is 18.9 Å². The van der Waals surface area contributed by atoms with E-state index in [9.17, 15) is 8.78 Å². The Labute approximate surface area is 118 Å². The Morgan fingerprint density at radius 2 is 1.85 bits per heavy atom. The van der Waals surface area contributed by atoms with Crippen molar-refractivity contribution in [2.24, 2.45) is 0 Å². The molecule has 1 N–H and O–H groups in total. The van der Waals surface area contributed by atoms with Crippen LogP contribution in [0, 0.1) is 0 Å². The molecule has 1 aromatic carbocycles. The number of benzene rings is 1. The zero-order chi connectivity index (χ0) is 14.4. The molecule has 112 valence electrons. The standard InChI is InChI=1S/C15H22F2N2O/c1-12(19-10-8-18-9-11-19)2-3-13-4-6-14(7-5-13)20-15(16)17/h4-7,12,15,18H,2-3,8-11H2,1H3. The van der Waals surface area contributed by atoms with Crippen LogP contribution >= 0.6 is 0 Å². The Balaban J connectivity index is 1.78. The maximum atomic E-state index is 12.0. The van der Waals surface area contributed by atoms with E-state index < -0.39 is 6.61 Å². The van der Waals surface area contributed by atoms with E-state index >= 15 is 0 Å². The van der Waals surface area contributed by atoms with Crippen LogP contribution in [0.15, 0.2) is 24.3 Å². The number of nitrogens with zero attached hydrogens (tertiary/aromatic N) is 1. The van der Waals surface area contributed by atoms with Crippen LogP contribution in [0.3, 0.4) is 0 Å². The molecule has 0 bridgehead atoms. The average molecular weight is 284 g/mol. The highest BCUT2D eigenvalue weighted by Gasteiger charge is 2.15. The molecule has 1 heterocycles. The molecular formula is C15H22F2N2O. The first-order valence-electron chi connectivity index (χ1n) is 7.13. The molecule has 1 aromatic rings. The van der Waals surface area contributed by atoms with Crippen molar-refractivity contribution in [2.75, 3.05) is 26.2 Å². The molecule has 0 saturated carbocycles. The zero-order valence-corrected chi connectivity index (χ0v) is 11.8. The van der Waals surface area contributed by atoms with Crippen molar-refractivity contribution in [1.29, 1.82) is 0 Å². The summed E-state index contributed by atoms with van der Waals surface area (Å²) in [7, 11) is 0. The number of hydrogen-bond acceptors (Lipinski definition) is 3. The number of nitrogens with one attached hydrogen (secondary N) is 1. The highest BCUT2D eigenvalue weighted by atomic mass is 19.3. The lowest BCUT2D eigenvalue weighted by atomic mass is 10.0. The summed E-state index contributed by atoms with van der Waals surface area (Å²) >= 11 is 0. The van der Waals surface area contributed by atoms with Crippen molar-refractivity contribution in [1.82, 2.24) is 10.2 Å². The van der Waals surface area contributed by atoms with Crippen molar-refractivity contribution >= 4 is 0 Å². The monoisotopic (exact) mass is 284 g/mol. The lowest BCUT2D eigenvalue weighted by Gasteiger charge is -2.32. The number of piperazine rings is 1. The fourth-order valence-electron chi connectivity index (χ4n) is 2.52. The minimum absolute atomic E-state index is 0.221. The maximum Gasteiger partial charge on any atom is 0.387 e. The molecule has 1 aliphatic heterocycles. The van der Waals surface area contributed by atoms with Crippen LogP contribution in [0.25, 0.3) is 0 Å². The highest BCUT2D eigenvalue weighted by Crippen LogP contribution is 2.17. The van der Waals surface area contributed by atoms with Crippen molar-refractivity contribution in [3.8, 4) is 5.75 Å². The summed E-state index contributed by atoms with van der Waals surface area (Å²) in [4.78, 5) is 2.49. The van der Waals surface area contributed by atoms with Crippen LogP contribution in [-0.4, -0.2) is 43.7 Å². The lowest BCUT2D eigenvalue weighted by Crippen LogP contribution is -2.47. The molecule has 1 aliphatic rings. The third-order valence-corrected chi connectivity index (χ3v) is 3.77. The molecule has 1 unspecified atom stereocenters. The van der Waals surface area contributed by atoms with Gasteiger partial charge in [0.15, 0.2) is 0 Å². The number of halogens is 2. The number of ether oxygens (including phenoxy) is 1. The van der Waals surface area contributed by atoms with E-state index in [4.69, 9.17) is 0 Å². The van der Waals surface area contributed by atoms with Gasteiger partial charge in [0.2, 0.25) is 0 Å². The molecule has 5 heteroatoms. The molecule has 2 rings (SSSR count). The van der Waals surface area contributed by atoms with Crippen LogP contribution in [-0.2, 0) is 6.42 Å². The van der Waals surface area contributed by atoms with Gasteiger partial charge in [0.1, 0.15) is 5.75 Å². The molecule has 0 radical (unpaired) electrons. The van der Waals surface area contributed by atoms with E-state index in [2.05, 4.69) is 21.9 Å². The van der Waals surface area contributed by atoms with Gasteiger partial charge in [-0.1, -0.05) is 12.1 Å². The van der Waals surface area contributed by atoms with Gasteiger partial charge in [0.25, 0.3) is 0 Å². The van der Waals surface area contributed by atoms with Crippen molar-refractivity contribution in [2.45, 2.75) is 32.4 Å². The number of alkyl halides is 2. The fourth-order valence-corrected chi connectivity index (χ4v) is 2.52. The molecular weight excluding hydrogens is 262 g/mol. The maximum absolute atomic E-state index is 12.0. The normalized spacial score (nSPS) is 18.2. The van der Waals surface area contributed by atoms with E-state index in [0.29, 0.717) is 6.04 Å². The first kappa shape index (κ1) is 15.2. The molecule has 1 saturated heterocycles. The molecule has 0 aliphatic carbocycles. The number of hydrogen-bond donors (Lipinski definition) is 1. The SMILES string of the molecule is CC(CCc1ccc(OC(F)F)cc1)N1CCNCC1. The lowest BCUT2D eigenvalue weighted by molar-refractivity contribution is -0.0498. The first-order chi connectivity index (χ1) is 9.65. The molecule has 0 spiro atoms. The van der Waals surface area contributed by atoms with E-state index in [1.54, 1.807) is 12.1 Å². The van der Waals surface area contributed by atoms with Gasteiger partial charge in [-0.25, -0.2) is 0 Å². The minimum Gasteiger partial charge on any atom is -0.435 e. The third kappa shape index (κ3) is 4.72. The van der Waals surface area contributed by atoms with Crippen molar-refractivity contribution < 1.29 is 13.5 Å². The summed E-state index contributed by atoms with van der Waals surface area (Å²) in [6, 6.07) is 7.49. The molecule has 1 fully saturated rings. The second-order valence-electron chi connectivity index (χ2n) is 5.20. The molecule has 3 nitrogen and oxygen atoms in total. The average Bonchev–Trinajstić information content (AvgIpc) is 2.46. The van der Waals surface area contributed by atoms with E-state index in [1.807, 2.05) is 12.1 Å².